The Balaban J connectivity index is 1.57. The summed E-state index contributed by atoms with van der Waals surface area (Å²) < 4.78 is 0. The van der Waals surface area contributed by atoms with Crippen LogP contribution in [0.3, 0.4) is 0 Å². The van der Waals surface area contributed by atoms with E-state index < -0.39 is 0 Å². The van der Waals surface area contributed by atoms with Gasteiger partial charge in [-0.05, 0) is 38.1 Å². The van der Waals surface area contributed by atoms with Crippen LogP contribution in [-0.4, -0.2) is 47.0 Å². The fourth-order valence-electron chi connectivity index (χ4n) is 3.73. The molecule has 1 N–H and O–H groups in total. The minimum absolute atomic E-state index is 0.563. The molecule has 3 aliphatic heterocycles. The van der Waals surface area contributed by atoms with Crippen molar-refractivity contribution < 1.29 is 0 Å². The van der Waals surface area contributed by atoms with Crippen molar-refractivity contribution in [3.8, 4) is 0 Å². The van der Waals surface area contributed by atoms with Gasteiger partial charge < -0.3 is 5.32 Å². The maximum atomic E-state index is 5.04. The van der Waals surface area contributed by atoms with Crippen LogP contribution >= 0.6 is 11.8 Å². The first-order chi connectivity index (χ1) is 9.22. The van der Waals surface area contributed by atoms with E-state index in [2.05, 4.69) is 24.1 Å². The van der Waals surface area contributed by atoms with Crippen LogP contribution < -0.4 is 5.32 Å². The Labute approximate surface area is 121 Å². The Bertz CT molecular complexity index is 342. The van der Waals surface area contributed by atoms with Crippen molar-refractivity contribution in [2.24, 2.45) is 10.9 Å². The maximum absolute atomic E-state index is 5.04. The number of rotatable bonds is 3. The molecule has 0 aromatic carbocycles. The molecule has 0 radical (unpaired) electrons. The smallest absolute Gasteiger partial charge is 0.157 e. The monoisotopic (exact) mass is 281 g/mol. The van der Waals surface area contributed by atoms with Crippen molar-refractivity contribution in [2.75, 3.05) is 18.8 Å². The van der Waals surface area contributed by atoms with Crippen molar-refractivity contribution in [2.45, 2.75) is 64.1 Å². The third-order valence-corrected chi connectivity index (χ3v) is 5.67. The Morgan fingerprint density at radius 1 is 1.32 bits per heavy atom. The third kappa shape index (κ3) is 3.27. The number of aliphatic imine (C=N–C) groups is 1. The van der Waals surface area contributed by atoms with E-state index in [4.69, 9.17) is 4.99 Å². The lowest BCUT2D eigenvalue weighted by atomic mass is 10.00. The quantitative estimate of drug-likeness (QED) is 0.862. The highest BCUT2D eigenvalue weighted by atomic mass is 32.2. The van der Waals surface area contributed by atoms with Gasteiger partial charge in [-0.2, -0.15) is 0 Å². The molecular formula is C15H27N3S. The van der Waals surface area contributed by atoms with E-state index in [9.17, 15) is 0 Å². The zero-order chi connectivity index (χ0) is 13.2. The normalized spacial score (nSPS) is 37.8. The summed E-state index contributed by atoms with van der Waals surface area (Å²) in [5, 5.41) is 4.86. The van der Waals surface area contributed by atoms with Gasteiger partial charge in [0.05, 0.1) is 6.04 Å². The fraction of sp³-hybridized carbons (Fsp3) is 0.933. The molecule has 3 aliphatic rings. The first-order valence-electron chi connectivity index (χ1n) is 7.93. The first kappa shape index (κ1) is 13.7. The van der Waals surface area contributed by atoms with Crippen LogP contribution in [0.25, 0.3) is 0 Å². The van der Waals surface area contributed by atoms with Crippen LogP contribution in [0, 0.1) is 5.92 Å². The highest BCUT2D eigenvalue weighted by Gasteiger charge is 2.36. The molecular weight excluding hydrogens is 254 g/mol. The molecule has 0 saturated carbocycles. The average Bonchev–Trinajstić information content (AvgIpc) is 2.97. The molecule has 0 amide bonds. The van der Waals surface area contributed by atoms with Crippen molar-refractivity contribution in [3.63, 3.8) is 0 Å². The molecule has 0 aromatic rings. The van der Waals surface area contributed by atoms with Gasteiger partial charge in [0.25, 0.3) is 0 Å². The van der Waals surface area contributed by atoms with Crippen molar-refractivity contribution in [3.05, 3.63) is 0 Å². The van der Waals surface area contributed by atoms with Gasteiger partial charge >= 0.3 is 0 Å². The summed E-state index contributed by atoms with van der Waals surface area (Å²) in [6.07, 6.45) is 6.70. The number of hydrogen-bond acceptors (Lipinski definition) is 3. The van der Waals surface area contributed by atoms with Gasteiger partial charge in [0.2, 0.25) is 0 Å². The number of piperidine rings is 1. The number of hydrogen-bond donors (Lipinski definition) is 1. The summed E-state index contributed by atoms with van der Waals surface area (Å²) in [4.78, 5) is 7.71. The molecule has 3 nitrogen and oxygen atoms in total. The summed E-state index contributed by atoms with van der Waals surface area (Å²) in [6, 6.07) is 1.95. The molecule has 19 heavy (non-hydrogen) atoms. The summed E-state index contributed by atoms with van der Waals surface area (Å²) in [5.74, 6) is 1.98. The molecule has 4 heteroatoms. The second-order valence-electron chi connectivity index (χ2n) is 6.67. The van der Waals surface area contributed by atoms with Gasteiger partial charge in [0.15, 0.2) is 5.17 Å². The Hall–Kier alpha value is -0.220. The van der Waals surface area contributed by atoms with Gasteiger partial charge in [-0.3, -0.25) is 9.89 Å². The molecule has 108 valence electrons. The predicted molar refractivity (Wildman–Crippen MR) is 83.9 cm³/mol. The molecule has 3 unspecified atom stereocenters. The van der Waals surface area contributed by atoms with Crippen LogP contribution in [0.4, 0.5) is 0 Å². The molecule has 3 atom stereocenters. The Kier molecular flexibility index (Phi) is 4.37. The summed E-state index contributed by atoms with van der Waals surface area (Å²) >= 11 is 1.94. The second-order valence-corrected chi connectivity index (χ2v) is 7.68. The van der Waals surface area contributed by atoms with E-state index in [1.54, 1.807) is 0 Å². The molecule has 0 aliphatic carbocycles. The number of fused-ring (bicyclic) bond motifs is 1. The largest absolute Gasteiger partial charge is 0.361 e. The molecule has 3 rings (SSSR count). The number of thioether (sulfide) groups is 1. The average molecular weight is 281 g/mol. The van der Waals surface area contributed by atoms with Crippen molar-refractivity contribution >= 4 is 16.9 Å². The van der Waals surface area contributed by atoms with E-state index in [1.165, 1.54) is 56.1 Å². The minimum atomic E-state index is 0.563. The standard InChI is InChI=1S/C15H27N3S/c1-11(2)9-12-10-19-15(16-12)17-13-6-8-18-7-4-3-5-14(13)18/h11-14H,3-10H2,1-2H3,(H,16,17). The highest BCUT2D eigenvalue weighted by molar-refractivity contribution is 8.14. The molecule has 3 saturated heterocycles. The van der Waals surface area contributed by atoms with Gasteiger partial charge in [-0.1, -0.05) is 32.0 Å². The second kappa shape index (κ2) is 6.04. The maximum Gasteiger partial charge on any atom is 0.157 e. The van der Waals surface area contributed by atoms with E-state index in [0.717, 1.165) is 12.0 Å². The van der Waals surface area contributed by atoms with Crippen LogP contribution in [0.5, 0.6) is 0 Å². The lowest BCUT2D eigenvalue weighted by Gasteiger charge is -2.31. The molecule has 3 fully saturated rings. The lowest BCUT2D eigenvalue weighted by molar-refractivity contribution is 0.190. The molecule has 0 aromatic heterocycles. The number of amidine groups is 1. The Morgan fingerprint density at radius 3 is 3.05 bits per heavy atom. The third-order valence-electron chi connectivity index (χ3n) is 4.61. The van der Waals surface area contributed by atoms with Crippen LogP contribution in [0.2, 0.25) is 0 Å². The van der Waals surface area contributed by atoms with Crippen LogP contribution in [0.1, 0.15) is 46.0 Å². The van der Waals surface area contributed by atoms with Crippen LogP contribution in [-0.2, 0) is 0 Å². The molecule has 0 spiro atoms. The summed E-state index contributed by atoms with van der Waals surface area (Å²) in [7, 11) is 0. The van der Waals surface area contributed by atoms with E-state index in [0.29, 0.717) is 12.1 Å². The van der Waals surface area contributed by atoms with Gasteiger partial charge in [0.1, 0.15) is 0 Å². The van der Waals surface area contributed by atoms with Crippen molar-refractivity contribution in [1.82, 2.24) is 10.2 Å². The SMILES string of the molecule is CC(C)CC1CSC(=NC2CCN3CCCCC23)N1. The Morgan fingerprint density at radius 2 is 2.21 bits per heavy atom. The summed E-state index contributed by atoms with van der Waals surface area (Å²) in [6.45, 7) is 7.19. The zero-order valence-corrected chi connectivity index (χ0v) is 13.1. The lowest BCUT2D eigenvalue weighted by Crippen LogP contribution is -2.39. The van der Waals surface area contributed by atoms with Crippen LogP contribution in [0.15, 0.2) is 4.99 Å². The summed E-state index contributed by atoms with van der Waals surface area (Å²) in [5.41, 5.74) is 0. The van der Waals surface area contributed by atoms with E-state index in [1.807, 2.05) is 11.8 Å². The fourth-order valence-corrected chi connectivity index (χ4v) is 4.77. The van der Waals surface area contributed by atoms with Gasteiger partial charge in [-0.25, -0.2) is 0 Å². The topological polar surface area (TPSA) is 27.6 Å². The first-order valence-corrected chi connectivity index (χ1v) is 8.92. The van der Waals surface area contributed by atoms with E-state index >= 15 is 0 Å². The zero-order valence-electron chi connectivity index (χ0n) is 12.3. The van der Waals surface area contributed by atoms with E-state index in [-0.39, 0.29) is 0 Å². The van der Waals surface area contributed by atoms with Gasteiger partial charge in [-0.15, -0.1) is 0 Å². The predicted octanol–water partition coefficient (Wildman–Crippen LogP) is 2.72. The molecule has 0 bridgehead atoms. The minimum Gasteiger partial charge on any atom is -0.361 e. The number of nitrogens with one attached hydrogen (secondary N) is 1. The molecule has 3 heterocycles. The highest BCUT2D eigenvalue weighted by Crippen LogP contribution is 2.30. The van der Waals surface area contributed by atoms with Gasteiger partial charge in [0, 0.05) is 24.4 Å². The van der Waals surface area contributed by atoms with Crippen molar-refractivity contribution in [1.29, 1.82) is 0 Å². The number of nitrogens with zero attached hydrogens (tertiary/aromatic N) is 2.